The first kappa shape index (κ1) is 18.7. The zero-order chi connectivity index (χ0) is 19.1. The van der Waals surface area contributed by atoms with Crippen molar-refractivity contribution < 1.29 is 9.59 Å². The Labute approximate surface area is 163 Å². The van der Waals surface area contributed by atoms with Crippen molar-refractivity contribution in [3.63, 3.8) is 0 Å². The molecule has 0 unspecified atom stereocenters. The van der Waals surface area contributed by atoms with Gasteiger partial charge in [-0.3, -0.25) is 9.59 Å². The normalized spacial score (nSPS) is 10.3. The van der Waals surface area contributed by atoms with Crippen LogP contribution in [-0.4, -0.2) is 18.2 Å². The van der Waals surface area contributed by atoms with Crippen molar-refractivity contribution in [2.75, 3.05) is 17.2 Å². The molecule has 0 radical (unpaired) electrons. The summed E-state index contributed by atoms with van der Waals surface area (Å²) in [4.78, 5) is 25.7. The smallest absolute Gasteiger partial charge is 0.243 e. The second-order valence-corrected chi connectivity index (χ2v) is 7.06. The molecule has 27 heavy (non-hydrogen) atoms. The Hall–Kier alpha value is -3.05. The van der Waals surface area contributed by atoms with Crippen LogP contribution in [0.25, 0.3) is 0 Å². The lowest BCUT2D eigenvalue weighted by molar-refractivity contribution is -0.114. The summed E-state index contributed by atoms with van der Waals surface area (Å²) >= 11 is 1.65. The maximum atomic E-state index is 12.2. The lowest BCUT2D eigenvalue weighted by Crippen LogP contribution is -2.22. The molecule has 4 nitrogen and oxygen atoms in total. The van der Waals surface area contributed by atoms with E-state index in [-0.39, 0.29) is 18.2 Å². The van der Waals surface area contributed by atoms with Crippen LogP contribution in [-0.2, 0) is 4.79 Å². The third kappa shape index (κ3) is 5.46. The number of para-hydroxylation sites is 1. The molecule has 0 bridgehead atoms. The lowest BCUT2D eigenvalue weighted by atomic mass is 10.1. The first-order valence-corrected chi connectivity index (χ1v) is 9.40. The maximum absolute atomic E-state index is 12.2. The van der Waals surface area contributed by atoms with Crippen LogP contribution in [0, 0.1) is 0 Å². The SMILES string of the molecule is CC(=O)c1ccc(NC(=O)CNc2ccccc2Sc2ccccc2)cc1. The van der Waals surface area contributed by atoms with Gasteiger partial charge in [-0.05, 0) is 55.5 Å². The number of nitrogens with one attached hydrogen (secondary N) is 2. The van der Waals surface area contributed by atoms with Gasteiger partial charge in [-0.2, -0.15) is 0 Å². The number of anilines is 2. The molecule has 0 aliphatic rings. The zero-order valence-corrected chi connectivity index (χ0v) is 15.8. The number of rotatable bonds is 7. The van der Waals surface area contributed by atoms with Crippen LogP contribution in [0.1, 0.15) is 17.3 Å². The van der Waals surface area contributed by atoms with E-state index < -0.39 is 0 Å². The number of Topliss-reactive ketones (excluding diaryl/α,β-unsaturated/α-hetero) is 1. The molecule has 0 aliphatic carbocycles. The van der Waals surface area contributed by atoms with Crippen LogP contribution < -0.4 is 10.6 Å². The first-order valence-electron chi connectivity index (χ1n) is 8.58. The molecule has 0 heterocycles. The minimum Gasteiger partial charge on any atom is -0.375 e. The number of amides is 1. The molecule has 0 atom stereocenters. The van der Waals surface area contributed by atoms with E-state index in [4.69, 9.17) is 0 Å². The largest absolute Gasteiger partial charge is 0.375 e. The summed E-state index contributed by atoms with van der Waals surface area (Å²) in [6.07, 6.45) is 0. The topological polar surface area (TPSA) is 58.2 Å². The second-order valence-electron chi connectivity index (χ2n) is 5.95. The van der Waals surface area contributed by atoms with E-state index in [0.717, 1.165) is 15.5 Å². The Morgan fingerprint density at radius 1 is 0.852 bits per heavy atom. The predicted octanol–water partition coefficient (Wildman–Crippen LogP) is 5.09. The standard InChI is InChI=1S/C22H20N2O2S/c1-16(25)17-11-13-18(14-12-17)24-22(26)15-23-20-9-5-6-10-21(20)27-19-7-3-2-4-8-19/h2-14,23H,15H2,1H3,(H,24,26). The van der Waals surface area contributed by atoms with Crippen LogP contribution in [0.15, 0.2) is 88.7 Å². The highest BCUT2D eigenvalue weighted by atomic mass is 32.2. The van der Waals surface area contributed by atoms with Crippen molar-refractivity contribution in [3.8, 4) is 0 Å². The minimum absolute atomic E-state index is 0.00191. The molecule has 3 aromatic carbocycles. The summed E-state index contributed by atoms with van der Waals surface area (Å²) in [6.45, 7) is 1.67. The molecule has 3 rings (SSSR count). The molecular formula is C22H20N2O2S. The summed E-state index contributed by atoms with van der Waals surface area (Å²) in [5.74, 6) is -0.146. The summed E-state index contributed by atoms with van der Waals surface area (Å²) in [5.41, 5.74) is 2.20. The van der Waals surface area contributed by atoms with Gasteiger partial charge < -0.3 is 10.6 Å². The van der Waals surface area contributed by atoms with Gasteiger partial charge in [-0.1, -0.05) is 42.1 Å². The number of carbonyl (C=O) groups excluding carboxylic acids is 2. The summed E-state index contributed by atoms with van der Waals surface area (Å²) in [5, 5.41) is 6.02. The maximum Gasteiger partial charge on any atom is 0.243 e. The summed E-state index contributed by atoms with van der Waals surface area (Å²) < 4.78 is 0. The Bertz CT molecular complexity index is 925. The monoisotopic (exact) mass is 376 g/mol. The second kappa shape index (κ2) is 9.05. The molecule has 2 N–H and O–H groups in total. The van der Waals surface area contributed by atoms with Crippen molar-refractivity contribution in [3.05, 3.63) is 84.4 Å². The molecular weight excluding hydrogens is 356 g/mol. The molecule has 0 saturated carbocycles. The van der Waals surface area contributed by atoms with E-state index in [0.29, 0.717) is 11.3 Å². The van der Waals surface area contributed by atoms with E-state index >= 15 is 0 Å². The van der Waals surface area contributed by atoms with Crippen LogP contribution in [0.5, 0.6) is 0 Å². The third-order valence-corrected chi connectivity index (χ3v) is 4.96. The summed E-state index contributed by atoms with van der Waals surface area (Å²) in [6, 6.07) is 24.9. The number of hydrogen-bond donors (Lipinski definition) is 2. The van der Waals surface area contributed by atoms with Gasteiger partial charge in [0.1, 0.15) is 0 Å². The Morgan fingerprint density at radius 3 is 2.22 bits per heavy atom. The predicted molar refractivity (Wildman–Crippen MR) is 111 cm³/mol. The molecule has 0 spiro atoms. The molecule has 1 amide bonds. The number of hydrogen-bond acceptors (Lipinski definition) is 4. The van der Waals surface area contributed by atoms with Crippen molar-refractivity contribution in [1.29, 1.82) is 0 Å². The molecule has 136 valence electrons. The highest BCUT2D eigenvalue weighted by Crippen LogP contribution is 2.33. The van der Waals surface area contributed by atoms with Gasteiger partial charge in [0.2, 0.25) is 5.91 Å². The number of carbonyl (C=O) groups is 2. The number of ketones is 1. The van der Waals surface area contributed by atoms with Gasteiger partial charge in [-0.15, -0.1) is 0 Å². The van der Waals surface area contributed by atoms with Crippen molar-refractivity contribution in [1.82, 2.24) is 0 Å². The van der Waals surface area contributed by atoms with Crippen LogP contribution in [0.2, 0.25) is 0 Å². The molecule has 3 aromatic rings. The van der Waals surface area contributed by atoms with E-state index in [1.54, 1.807) is 36.0 Å². The molecule has 0 fully saturated rings. The fourth-order valence-corrected chi connectivity index (χ4v) is 3.43. The van der Waals surface area contributed by atoms with Gasteiger partial charge in [0, 0.05) is 26.7 Å². The van der Waals surface area contributed by atoms with Crippen LogP contribution in [0.3, 0.4) is 0 Å². The summed E-state index contributed by atoms with van der Waals surface area (Å²) in [7, 11) is 0. The van der Waals surface area contributed by atoms with E-state index in [1.807, 2.05) is 42.5 Å². The van der Waals surface area contributed by atoms with Crippen molar-refractivity contribution in [2.45, 2.75) is 16.7 Å². The Balaban J connectivity index is 1.59. The quantitative estimate of drug-likeness (QED) is 0.564. The zero-order valence-electron chi connectivity index (χ0n) is 14.9. The van der Waals surface area contributed by atoms with Crippen molar-refractivity contribution in [2.24, 2.45) is 0 Å². The van der Waals surface area contributed by atoms with E-state index in [2.05, 4.69) is 22.8 Å². The fourth-order valence-electron chi connectivity index (χ4n) is 2.49. The molecule has 5 heteroatoms. The lowest BCUT2D eigenvalue weighted by Gasteiger charge is -2.12. The number of benzene rings is 3. The van der Waals surface area contributed by atoms with Crippen molar-refractivity contribution >= 4 is 34.8 Å². The van der Waals surface area contributed by atoms with E-state index in [9.17, 15) is 9.59 Å². The minimum atomic E-state index is -0.148. The molecule has 0 saturated heterocycles. The third-order valence-electron chi connectivity index (χ3n) is 3.87. The van der Waals surface area contributed by atoms with Crippen LogP contribution in [0.4, 0.5) is 11.4 Å². The van der Waals surface area contributed by atoms with E-state index in [1.165, 1.54) is 6.92 Å². The molecule has 0 aromatic heterocycles. The Kier molecular flexibility index (Phi) is 6.28. The average molecular weight is 376 g/mol. The van der Waals surface area contributed by atoms with Gasteiger partial charge >= 0.3 is 0 Å². The molecule has 0 aliphatic heterocycles. The first-order chi connectivity index (χ1) is 13.1. The Morgan fingerprint density at radius 2 is 1.52 bits per heavy atom. The van der Waals surface area contributed by atoms with Gasteiger partial charge in [0.25, 0.3) is 0 Å². The highest BCUT2D eigenvalue weighted by Gasteiger charge is 2.07. The van der Waals surface area contributed by atoms with Gasteiger partial charge in [0.15, 0.2) is 5.78 Å². The highest BCUT2D eigenvalue weighted by molar-refractivity contribution is 7.99. The van der Waals surface area contributed by atoms with Gasteiger partial charge in [-0.25, -0.2) is 0 Å². The average Bonchev–Trinajstić information content (AvgIpc) is 2.68. The van der Waals surface area contributed by atoms with Crippen LogP contribution >= 0.6 is 11.8 Å². The van der Waals surface area contributed by atoms with Gasteiger partial charge in [0.05, 0.1) is 6.54 Å². The fraction of sp³-hybridized carbons (Fsp3) is 0.0909.